The van der Waals surface area contributed by atoms with Gasteiger partial charge in [0.2, 0.25) is 0 Å². The van der Waals surface area contributed by atoms with E-state index in [9.17, 15) is 4.79 Å². The van der Waals surface area contributed by atoms with Gasteiger partial charge in [-0.3, -0.25) is 9.18 Å². The molecule has 3 aromatic rings. The minimum atomic E-state index is -0.602. The monoisotopic (exact) mass is 726 g/mol. The zero-order valence-corrected chi connectivity index (χ0v) is 25.8. The second-order valence-electron chi connectivity index (χ2n) is 8.98. The van der Waals surface area contributed by atoms with Gasteiger partial charge in [0, 0.05) is 24.6 Å². The fraction of sp³-hybridized carbons (Fsp3) is 0.367. The molecule has 39 heavy (non-hydrogen) atoms. The number of carboxylic acid groups (broad SMARTS) is 1. The average molecular weight is 727 g/mol. The molecule has 0 amide bonds. The second-order valence-corrected chi connectivity index (χ2v) is 9.39. The van der Waals surface area contributed by atoms with Gasteiger partial charge in [0.05, 0.1) is 24.1 Å². The van der Waals surface area contributed by atoms with E-state index >= 15 is 4.39 Å². The number of halogens is 2. The molecule has 1 aliphatic carbocycles. The number of aliphatic carboxylic acids is 1. The Morgan fingerprint density at radius 2 is 1.79 bits per heavy atom. The van der Waals surface area contributed by atoms with Crippen LogP contribution in [0.4, 0.5) is 4.39 Å². The molecule has 210 valence electrons. The van der Waals surface area contributed by atoms with Gasteiger partial charge in [-0.1, -0.05) is 91.0 Å². The molecule has 0 spiro atoms. The molecule has 0 heterocycles. The summed E-state index contributed by atoms with van der Waals surface area (Å²) in [7, 11) is 1.57. The minimum absolute atomic E-state index is 0. The van der Waals surface area contributed by atoms with Gasteiger partial charge in [-0.15, -0.1) is 17.7 Å². The van der Waals surface area contributed by atoms with E-state index in [1.165, 1.54) is 6.42 Å². The van der Waals surface area contributed by atoms with Crippen LogP contribution >= 0.6 is 11.6 Å². The number of hydrogen-bond acceptors (Lipinski definition) is 4. The van der Waals surface area contributed by atoms with Crippen LogP contribution in [-0.4, -0.2) is 37.9 Å². The molecule has 5 N–H and O–H groups in total. The third-order valence-corrected chi connectivity index (χ3v) is 6.83. The molecule has 3 aromatic carbocycles. The topological polar surface area (TPSA) is 115 Å². The number of carbonyl (C=O) groups is 1. The maximum absolute atomic E-state index is 15.0. The van der Waals surface area contributed by atoms with E-state index in [0.29, 0.717) is 23.7 Å². The number of nitrogens with two attached hydrogens (primary N) is 2. The van der Waals surface area contributed by atoms with Gasteiger partial charge in [0.15, 0.2) is 0 Å². The number of hydrogen-bond donors (Lipinski definition) is 2. The van der Waals surface area contributed by atoms with Gasteiger partial charge in [-0.2, -0.15) is 0 Å². The van der Waals surface area contributed by atoms with Crippen LogP contribution in [0.1, 0.15) is 49.1 Å². The fourth-order valence-corrected chi connectivity index (χ4v) is 4.67. The Kier molecular flexibility index (Phi) is 16.2. The molecule has 9 heteroatoms. The van der Waals surface area contributed by atoms with Crippen LogP contribution in [0.15, 0.2) is 60.7 Å². The molecule has 0 aliphatic heterocycles. The molecule has 1 atom stereocenters. The Morgan fingerprint density at radius 1 is 1.10 bits per heavy atom. The largest absolute Gasteiger partial charge is 2.00 e. The van der Waals surface area contributed by atoms with Gasteiger partial charge >= 0.3 is 27.0 Å². The molecule has 0 bridgehead atoms. The normalized spacial score (nSPS) is 13.6. The SMILES string of the molecule is COCCOc1cc[c-]c(-c2cc(C(CN)c3ccccc3)ccc2Cl)c1F.O=C(O)C1CCCCC1.[NH2-].[W+2]. The van der Waals surface area contributed by atoms with Gasteiger partial charge in [0.25, 0.3) is 0 Å². The van der Waals surface area contributed by atoms with E-state index in [-0.39, 0.29) is 57.0 Å². The summed E-state index contributed by atoms with van der Waals surface area (Å²) in [4.78, 5) is 10.4. The number of methoxy groups -OCH3 is 1. The standard InChI is InChI=1S/C23H22ClFNO2.C7H12O2.H2N.W/c1-27-12-13-28-22-9-5-8-18(23(22)25)19-14-17(10-11-21(19)24)20(15-26)16-6-3-2-4-7-16;8-7(9)6-4-2-1-3-5-6;;/h2-7,9-11,14,20H,12-13,15,26H2,1H3;6H,1-5H2,(H,8,9);1H2;/q-1;;-1;+2. The minimum Gasteiger partial charge on any atom is -0.693 e. The first-order chi connectivity index (χ1) is 18.0. The fourth-order valence-electron chi connectivity index (χ4n) is 4.45. The van der Waals surface area contributed by atoms with Gasteiger partial charge in [-0.05, 0) is 24.0 Å². The number of rotatable bonds is 9. The Bertz CT molecular complexity index is 1150. The van der Waals surface area contributed by atoms with Crippen molar-refractivity contribution in [2.45, 2.75) is 38.0 Å². The van der Waals surface area contributed by atoms with Crippen molar-refractivity contribution in [3.8, 4) is 16.9 Å². The van der Waals surface area contributed by atoms with Crippen LogP contribution in [0.3, 0.4) is 0 Å². The van der Waals surface area contributed by atoms with E-state index in [2.05, 4.69) is 6.07 Å². The van der Waals surface area contributed by atoms with E-state index in [4.69, 9.17) is 31.9 Å². The molecule has 1 saturated carbocycles. The van der Waals surface area contributed by atoms with Crippen molar-refractivity contribution in [3.05, 3.63) is 94.8 Å². The molecule has 1 unspecified atom stereocenters. The van der Waals surface area contributed by atoms with Crippen LogP contribution in [0.5, 0.6) is 5.75 Å². The molecular weight excluding hydrogens is 691 g/mol. The Hall–Kier alpha value is -2.28. The van der Waals surface area contributed by atoms with Crippen molar-refractivity contribution in [1.82, 2.24) is 0 Å². The van der Waals surface area contributed by atoms with Crippen LogP contribution in [0, 0.1) is 17.8 Å². The molecule has 1 fully saturated rings. The summed E-state index contributed by atoms with van der Waals surface area (Å²) < 4.78 is 25.4. The summed E-state index contributed by atoms with van der Waals surface area (Å²) in [6.07, 6.45) is 5.24. The van der Waals surface area contributed by atoms with Gasteiger partial charge < -0.3 is 26.5 Å². The Morgan fingerprint density at radius 3 is 2.38 bits per heavy atom. The summed E-state index contributed by atoms with van der Waals surface area (Å²) in [5, 5.41) is 8.98. The molecule has 0 saturated heterocycles. The van der Waals surface area contributed by atoms with Crippen molar-refractivity contribution in [1.29, 1.82) is 0 Å². The molecular formula is C30H36ClFN2O4W. The van der Waals surface area contributed by atoms with Crippen LogP contribution < -0.4 is 10.5 Å². The smallest absolute Gasteiger partial charge is 0.693 e. The first-order valence-corrected chi connectivity index (χ1v) is 12.9. The first-order valence-electron chi connectivity index (χ1n) is 12.6. The number of carboxylic acids is 1. The van der Waals surface area contributed by atoms with Crippen molar-refractivity contribution in [2.24, 2.45) is 11.7 Å². The molecule has 4 rings (SSSR count). The Balaban J connectivity index is 0.000000590. The molecule has 0 radical (unpaired) electrons. The maximum atomic E-state index is 15.0. The predicted molar refractivity (Wildman–Crippen MR) is 150 cm³/mol. The van der Waals surface area contributed by atoms with E-state index in [1.54, 1.807) is 25.3 Å². The van der Waals surface area contributed by atoms with Gasteiger partial charge in [-0.25, -0.2) is 0 Å². The van der Waals surface area contributed by atoms with E-state index in [1.807, 2.05) is 42.5 Å². The van der Waals surface area contributed by atoms with Crippen molar-refractivity contribution >= 4 is 17.6 Å². The van der Waals surface area contributed by atoms with Crippen molar-refractivity contribution < 1.29 is 44.8 Å². The third-order valence-electron chi connectivity index (χ3n) is 6.50. The summed E-state index contributed by atoms with van der Waals surface area (Å²) >= 11 is 6.40. The molecule has 0 aromatic heterocycles. The zero-order chi connectivity index (χ0) is 26.6. The maximum Gasteiger partial charge on any atom is 2.00 e. The van der Waals surface area contributed by atoms with Crippen LogP contribution in [0.2, 0.25) is 5.02 Å². The summed E-state index contributed by atoms with van der Waals surface area (Å²) in [5.41, 5.74) is 8.93. The summed E-state index contributed by atoms with van der Waals surface area (Å²) in [5.74, 6) is -0.998. The van der Waals surface area contributed by atoms with Crippen LogP contribution in [-0.2, 0) is 30.6 Å². The van der Waals surface area contributed by atoms with E-state index < -0.39 is 11.8 Å². The number of ether oxygens (including phenoxy) is 2. The third kappa shape index (κ3) is 10.0. The van der Waals surface area contributed by atoms with Crippen LogP contribution in [0.25, 0.3) is 17.3 Å². The van der Waals surface area contributed by atoms with Gasteiger partial charge in [0.1, 0.15) is 6.61 Å². The number of benzene rings is 3. The molecule has 6 nitrogen and oxygen atoms in total. The summed E-state index contributed by atoms with van der Waals surface area (Å²) in [6, 6.07) is 21.7. The van der Waals surface area contributed by atoms with Crippen molar-refractivity contribution in [3.63, 3.8) is 0 Å². The van der Waals surface area contributed by atoms with Crippen molar-refractivity contribution in [2.75, 3.05) is 26.9 Å². The first kappa shape index (κ1) is 34.7. The Labute approximate surface area is 249 Å². The average Bonchev–Trinajstić information content (AvgIpc) is 2.93. The zero-order valence-electron chi connectivity index (χ0n) is 22.1. The quantitative estimate of drug-likeness (QED) is 0.176. The summed E-state index contributed by atoms with van der Waals surface area (Å²) in [6.45, 7) is 1.06. The predicted octanol–water partition coefficient (Wildman–Crippen LogP) is 7.43. The second kappa shape index (κ2) is 18.1. The molecule has 1 aliphatic rings. The van der Waals surface area contributed by atoms with E-state index in [0.717, 1.165) is 36.8 Å².